The molecule has 1 aliphatic carbocycles. The average Bonchev–Trinajstić information content (AvgIpc) is 3.50. The highest BCUT2D eigenvalue weighted by atomic mass is 32.2. The number of hydrogen-bond donors (Lipinski definition) is 0. The molecule has 0 bridgehead atoms. The molecule has 0 amide bonds. The minimum absolute atomic E-state index is 0.0327. The van der Waals surface area contributed by atoms with Gasteiger partial charge in [0.1, 0.15) is 30.4 Å². The molecule has 1 aromatic heterocycles. The fourth-order valence-corrected chi connectivity index (χ4v) is 3.40. The Balaban J connectivity index is 1.54. The second kappa shape index (κ2) is 8.49. The van der Waals surface area contributed by atoms with Crippen molar-refractivity contribution in [2.45, 2.75) is 18.8 Å². The number of nitrogens with zero attached hydrogens (tertiary/aromatic N) is 1. The van der Waals surface area contributed by atoms with Gasteiger partial charge < -0.3 is 13.9 Å². The maximum Gasteiger partial charge on any atom is 0.264 e. The lowest BCUT2D eigenvalue weighted by molar-refractivity contribution is 0.222. The van der Waals surface area contributed by atoms with E-state index in [0.29, 0.717) is 17.4 Å². The van der Waals surface area contributed by atoms with Gasteiger partial charge in [0, 0.05) is 17.0 Å². The summed E-state index contributed by atoms with van der Waals surface area (Å²) >= 11 is 0. The molecule has 8 heteroatoms. The summed E-state index contributed by atoms with van der Waals surface area (Å²) in [6.45, 7) is 0.104. The molecule has 1 heterocycles. The summed E-state index contributed by atoms with van der Waals surface area (Å²) in [6.07, 6.45) is 3.21. The Morgan fingerprint density at radius 1 is 0.967 bits per heavy atom. The first-order valence-corrected chi connectivity index (χ1v) is 11.5. The molecule has 2 aromatic carbocycles. The summed E-state index contributed by atoms with van der Waals surface area (Å²) in [4.78, 5) is 4.77. The molecule has 0 saturated heterocycles. The molecule has 0 spiro atoms. The van der Waals surface area contributed by atoms with Gasteiger partial charge in [-0.2, -0.15) is 8.42 Å². The third-order valence-electron chi connectivity index (χ3n) is 4.70. The van der Waals surface area contributed by atoms with Gasteiger partial charge in [-0.25, -0.2) is 4.98 Å². The lowest BCUT2D eigenvalue weighted by atomic mass is 10.1. The van der Waals surface area contributed by atoms with Crippen LogP contribution in [0.2, 0.25) is 0 Å². The predicted molar refractivity (Wildman–Crippen MR) is 112 cm³/mol. The van der Waals surface area contributed by atoms with E-state index in [1.165, 1.54) is 0 Å². The molecule has 0 radical (unpaired) electrons. The van der Waals surface area contributed by atoms with E-state index in [2.05, 4.69) is 4.18 Å². The van der Waals surface area contributed by atoms with Crippen molar-refractivity contribution in [2.24, 2.45) is 0 Å². The minimum Gasteiger partial charge on any atom is -0.497 e. The van der Waals surface area contributed by atoms with E-state index in [-0.39, 0.29) is 13.2 Å². The third kappa shape index (κ3) is 5.01. The van der Waals surface area contributed by atoms with Crippen molar-refractivity contribution >= 4 is 10.1 Å². The molecular formula is C22H23NO6S. The Morgan fingerprint density at radius 2 is 1.60 bits per heavy atom. The Kier molecular flexibility index (Phi) is 5.78. The van der Waals surface area contributed by atoms with E-state index in [1.54, 1.807) is 7.11 Å². The number of methoxy groups -OCH3 is 1. The molecule has 0 N–H and O–H groups in total. The van der Waals surface area contributed by atoms with Gasteiger partial charge in [-0.15, -0.1) is 0 Å². The van der Waals surface area contributed by atoms with Gasteiger partial charge in [0.05, 0.1) is 13.4 Å². The van der Waals surface area contributed by atoms with Crippen LogP contribution in [0.15, 0.2) is 52.9 Å². The van der Waals surface area contributed by atoms with Crippen molar-refractivity contribution in [1.82, 2.24) is 4.98 Å². The number of rotatable bonds is 9. The number of benzene rings is 2. The molecule has 1 fully saturated rings. The van der Waals surface area contributed by atoms with Crippen LogP contribution in [0.4, 0.5) is 0 Å². The Hall–Kier alpha value is -2.84. The highest BCUT2D eigenvalue weighted by molar-refractivity contribution is 7.85. The molecule has 3 aromatic rings. The van der Waals surface area contributed by atoms with E-state index >= 15 is 0 Å². The van der Waals surface area contributed by atoms with Crippen LogP contribution in [0, 0.1) is 0 Å². The Morgan fingerprint density at radius 3 is 2.20 bits per heavy atom. The smallest absolute Gasteiger partial charge is 0.264 e. The lowest BCUT2D eigenvalue weighted by Gasteiger charge is -2.07. The molecule has 0 atom stereocenters. The van der Waals surface area contributed by atoms with Crippen molar-refractivity contribution in [3.8, 4) is 34.1 Å². The van der Waals surface area contributed by atoms with Crippen LogP contribution in [-0.4, -0.2) is 40.0 Å². The van der Waals surface area contributed by atoms with Crippen LogP contribution in [-0.2, 0) is 14.3 Å². The maximum atomic E-state index is 11.0. The van der Waals surface area contributed by atoms with Crippen LogP contribution >= 0.6 is 0 Å². The lowest BCUT2D eigenvalue weighted by Crippen LogP contribution is -2.11. The number of hydrogen-bond acceptors (Lipinski definition) is 7. The van der Waals surface area contributed by atoms with Crippen LogP contribution in [0.5, 0.6) is 11.5 Å². The van der Waals surface area contributed by atoms with Crippen molar-refractivity contribution in [2.75, 3.05) is 26.6 Å². The highest BCUT2D eigenvalue weighted by Gasteiger charge is 2.31. The number of oxazole rings is 1. The molecular weight excluding hydrogens is 406 g/mol. The largest absolute Gasteiger partial charge is 0.497 e. The standard InChI is InChI=1S/C22H23NO6S/c1-26-18-9-5-15(6-10-18)20-21(29-22(23-20)17-3-4-17)16-7-11-19(12-8-16)27-13-14-28-30(2,24)25/h5-12,17H,3-4,13-14H2,1-2H3. The summed E-state index contributed by atoms with van der Waals surface area (Å²) in [5.74, 6) is 3.28. The van der Waals surface area contributed by atoms with Gasteiger partial charge in [0.2, 0.25) is 0 Å². The zero-order valence-electron chi connectivity index (χ0n) is 16.8. The maximum absolute atomic E-state index is 11.0. The highest BCUT2D eigenvalue weighted by Crippen LogP contribution is 2.44. The summed E-state index contributed by atoms with van der Waals surface area (Å²) in [6, 6.07) is 15.2. The fraction of sp³-hybridized carbons (Fsp3) is 0.318. The van der Waals surface area contributed by atoms with E-state index in [1.807, 2.05) is 48.5 Å². The predicted octanol–water partition coefficient (Wildman–Crippen LogP) is 4.25. The van der Waals surface area contributed by atoms with Crippen LogP contribution in [0.3, 0.4) is 0 Å². The Labute approximate surface area is 175 Å². The SMILES string of the molecule is COc1ccc(-c2nc(C3CC3)oc2-c2ccc(OCCOS(C)(=O)=O)cc2)cc1. The van der Waals surface area contributed by atoms with Crippen LogP contribution in [0.25, 0.3) is 22.6 Å². The third-order valence-corrected chi connectivity index (χ3v) is 5.29. The monoisotopic (exact) mass is 429 g/mol. The fourth-order valence-electron chi connectivity index (χ4n) is 3.03. The topological polar surface area (TPSA) is 87.9 Å². The van der Waals surface area contributed by atoms with E-state index in [0.717, 1.165) is 47.6 Å². The zero-order chi connectivity index (χ0) is 21.1. The van der Waals surface area contributed by atoms with E-state index in [4.69, 9.17) is 18.9 Å². The van der Waals surface area contributed by atoms with E-state index < -0.39 is 10.1 Å². The first-order valence-electron chi connectivity index (χ1n) is 9.66. The molecule has 1 aliphatic rings. The van der Waals surface area contributed by atoms with Gasteiger partial charge in [-0.1, -0.05) is 0 Å². The number of aromatic nitrogens is 1. The molecule has 4 rings (SSSR count). The van der Waals surface area contributed by atoms with Gasteiger partial charge in [0.15, 0.2) is 11.7 Å². The summed E-state index contributed by atoms with van der Waals surface area (Å²) < 4.78 is 43.6. The van der Waals surface area contributed by atoms with E-state index in [9.17, 15) is 8.42 Å². The molecule has 30 heavy (non-hydrogen) atoms. The van der Waals surface area contributed by atoms with Crippen LogP contribution < -0.4 is 9.47 Å². The molecule has 0 aliphatic heterocycles. The number of ether oxygens (including phenoxy) is 2. The molecule has 0 unspecified atom stereocenters. The first kappa shape index (κ1) is 20.4. The zero-order valence-corrected chi connectivity index (χ0v) is 17.6. The summed E-state index contributed by atoms with van der Waals surface area (Å²) in [5.41, 5.74) is 2.65. The van der Waals surface area contributed by atoms with Crippen molar-refractivity contribution in [3.63, 3.8) is 0 Å². The quantitative estimate of drug-likeness (QED) is 0.371. The van der Waals surface area contributed by atoms with Crippen molar-refractivity contribution in [1.29, 1.82) is 0 Å². The van der Waals surface area contributed by atoms with Gasteiger partial charge >= 0.3 is 0 Å². The van der Waals surface area contributed by atoms with Crippen molar-refractivity contribution in [3.05, 3.63) is 54.4 Å². The summed E-state index contributed by atoms with van der Waals surface area (Å²) in [7, 11) is -1.83. The normalized spacial score (nSPS) is 13.9. The minimum atomic E-state index is -3.46. The second-order valence-electron chi connectivity index (χ2n) is 7.13. The molecule has 158 valence electrons. The Bertz CT molecular complexity index is 1100. The summed E-state index contributed by atoms with van der Waals surface area (Å²) in [5, 5.41) is 0. The molecule has 1 saturated carbocycles. The second-order valence-corrected chi connectivity index (χ2v) is 8.78. The van der Waals surface area contributed by atoms with Gasteiger partial charge in [-0.05, 0) is 61.4 Å². The van der Waals surface area contributed by atoms with Gasteiger partial charge in [-0.3, -0.25) is 4.18 Å². The average molecular weight is 429 g/mol. The van der Waals surface area contributed by atoms with Crippen LogP contribution in [0.1, 0.15) is 24.7 Å². The van der Waals surface area contributed by atoms with Crippen molar-refractivity contribution < 1.29 is 26.5 Å². The van der Waals surface area contributed by atoms with Gasteiger partial charge in [0.25, 0.3) is 10.1 Å². The molecule has 7 nitrogen and oxygen atoms in total. The first-order chi connectivity index (χ1) is 14.4.